The molecule has 0 bridgehead atoms. The van der Waals surface area contributed by atoms with E-state index in [-0.39, 0.29) is 0 Å². The summed E-state index contributed by atoms with van der Waals surface area (Å²) in [5, 5.41) is 0. The molecule has 0 aliphatic carbocycles. The van der Waals surface area contributed by atoms with Crippen molar-refractivity contribution in [3.63, 3.8) is 0 Å². The molecule has 0 fully saturated rings. The molecule has 0 N–H and O–H groups in total. The van der Waals surface area contributed by atoms with E-state index in [1.807, 2.05) is 0 Å². The molecule has 0 aliphatic rings. The molecule has 2 unspecified atom stereocenters. The van der Waals surface area contributed by atoms with E-state index in [4.69, 9.17) is 8.37 Å². The summed E-state index contributed by atoms with van der Waals surface area (Å²) in [5.74, 6) is 0. The van der Waals surface area contributed by atoms with Gasteiger partial charge in [0, 0.05) is 0 Å². The zero-order valence-electron chi connectivity index (χ0n) is 9.83. The van der Waals surface area contributed by atoms with Crippen molar-refractivity contribution in [2.75, 3.05) is 12.5 Å². The Bertz CT molecular complexity index is 356. The van der Waals surface area contributed by atoms with E-state index in [0.717, 1.165) is 12.5 Å². The molecule has 0 rings (SSSR count). The molecule has 0 aliphatic heterocycles. The molecule has 6 nitrogen and oxygen atoms in total. The molecule has 0 spiro atoms. The Morgan fingerprint density at radius 2 is 1.06 bits per heavy atom. The fraction of sp³-hybridized carbons (Fsp3) is 1.00. The summed E-state index contributed by atoms with van der Waals surface area (Å²) in [6, 6.07) is 0. The highest BCUT2D eigenvalue weighted by Crippen LogP contribution is 2.15. The second-order valence-electron chi connectivity index (χ2n) is 3.49. The van der Waals surface area contributed by atoms with Gasteiger partial charge in [-0.05, 0) is 12.8 Å². The zero-order valence-corrected chi connectivity index (χ0v) is 11.5. The highest BCUT2D eigenvalue weighted by Gasteiger charge is 2.26. The van der Waals surface area contributed by atoms with Gasteiger partial charge in [0.2, 0.25) is 0 Å². The van der Waals surface area contributed by atoms with Crippen molar-refractivity contribution in [2.24, 2.45) is 0 Å². The second kappa shape index (κ2) is 5.95. The van der Waals surface area contributed by atoms with Crippen molar-refractivity contribution >= 4 is 20.2 Å². The minimum Gasteiger partial charge on any atom is -0.264 e. The van der Waals surface area contributed by atoms with E-state index in [9.17, 15) is 16.8 Å². The topological polar surface area (TPSA) is 86.7 Å². The maximum atomic E-state index is 11.0. The molecular weight excluding hydrogens is 256 g/mol. The Morgan fingerprint density at radius 3 is 1.19 bits per heavy atom. The van der Waals surface area contributed by atoms with Crippen LogP contribution in [0.5, 0.6) is 0 Å². The summed E-state index contributed by atoms with van der Waals surface area (Å²) in [5.41, 5.74) is 0. The van der Waals surface area contributed by atoms with Gasteiger partial charge in [-0.1, -0.05) is 13.8 Å². The molecule has 2 atom stereocenters. The number of rotatable bonds is 7. The van der Waals surface area contributed by atoms with Crippen molar-refractivity contribution in [1.29, 1.82) is 0 Å². The van der Waals surface area contributed by atoms with Gasteiger partial charge in [-0.25, -0.2) is 0 Å². The van der Waals surface area contributed by atoms with Gasteiger partial charge in [-0.3, -0.25) is 8.37 Å². The van der Waals surface area contributed by atoms with Crippen LogP contribution in [0.2, 0.25) is 0 Å². The lowest BCUT2D eigenvalue weighted by molar-refractivity contribution is 0.0591. The van der Waals surface area contributed by atoms with E-state index in [1.54, 1.807) is 13.8 Å². The average molecular weight is 274 g/mol. The van der Waals surface area contributed by atoms with Crippen LogP contribution in [-0.2, 0) is 28.6 Å². The predicted molar refractivity (Wildman–Crippen MR) is 60.0 cm³/mol. The summed E-state index contributed by atoms with van der Waals surface area (Å²) in [7, 11) is -7.24. The lowest BCUT2D eigenvalue weighted by Crippen LogP contribution is -2.34. The van der Waals surface area contributed by atoms with Crippen LogP contribution in [0.1, 0.15) is 26.7 Å². The molecule has 0 heterocycles. The van der Waals surface area contributed by atoms with E-state index < -0.39 is 32.4 Å². The summed E-state index contributed by atoms with van der Waals surface area (Å²) in [6.07, 6.45) is 0.970. The second-order valence-corrected chi connectivity index (χ2v) is 6.70. The summed E-state index contributed by atoms with van der Waals surface area (Å²) in [4.78, 5) is 0. The molecule has 0 aromatic heterocycles. The minimum absolute atomic E-state index is 0.348. The molecule has 0 amide bonds. The average Bonchev–Trinajstić information content (AvgIpc) is 2.07. The fourth-order valence-corrected chi connectivity index (χ4v) is 2.65. The first kappa shape index (κ1) is 15.8. The molecule has 0 aromatic carbocycles. The molecule has 98 valence electrons. The van der Waals surface area contributed by atoms with Crippen molar-refractivity contribution in [3.8, 4) is 0 Å². The monoisotopic (exact) mass is 274 g/mol. The van der Waals surface area contributed by atoms with Crippen LogP contribution in [0.25, 0.3) is 0 Å². The van der Waals surface area contributed by atoms with E-state index >= 15 is 0 Å². The fourth-order valence-electron chi connectivity index (χ4n) is 1.23. The summed E-state index contributed by atoms with van der Waals surface area (Å²) in [6.45, 7) is 3.40. The largest absolute Gasteiger partial charge is 0.264 e. The Labute approximate surface area is 97.2 Å². The normalized spacial score (nSPS) is 17.0. The van der Waals surface area contributed by atoms with Gasteiger partial charge in [0.1, 0.15) is 12.2 Å². The minimum atomic E-state index is -3.62. The molecule has 0 saturated carbocycles. The van der Waals surface area contributed by atoms with Crippen LogP contribution in [-0.4, -0.2) is 41.6 Å². The molecule has 8 heteroatoms. The highest BCUT2D eigenvalue weighted by molar-refractivity contribution is 7.86. The van der Waals surface area contributed by atoms with Crippen molar-refractivity contribution in [2.45, 2.75) is 38.9 Å². The smallest absolute Gasteiger partial charge is 0.264 e. The Balaban J connectivity index is 4.77. The van der Waals surface area contributed by atoms with Crippen molar-refractivity contribution in [1.82, 2.24) is 0 Å². The van der Waals surface area contributed by atoms with Crippen molar-refractivity contribution in [3.05, 3.63) is 0 Å². The first-order chi connectivity index (χ1) is 7.09. The number of hydrogen-bond donors (Lipinski definition) is 0. The third-order valence-electron chi connectivity index (χ3n) is 1.82. The third kappa shape index (κ3) is 7.15. The van der Waals surface area contributed by atoms with Gasteiger partial charge in [0.25, 0.3) is 20.2 Å². The van der Waals surface area contributed by atoms with Gasteiger partial charge < -0.3 is 0 Å². The summed E-state index contributed by atoms with van der Waals surface area (Å²) < 4.78 is 53.4. The van der Waals surface area contributed by atoms with E-state index in [2.05, 4.69) is 0 Å². The van der Waals surface area contributed by atoms with Crippen molar-refractivity contribution < 1.29 is 25.2 Å². The van der Waals surface area contributed by atoms with Gasteiger partial charge in [-0.15, -0.1) is 0 Å². The number of hydrogen-bond acceptors (Lipinski definition) is 6. The Morgan fingerprint density at radius 1 is 0.812 bits per heavy atom. The van der Waals surface area contributed by atoms with Crippen LogP contribution in [0, 0.1) is 0 Å². The van der Waals surface area contributed by atoms with Gasteiger partial charge in [0.15, 0.2) is 0 Å². The van der Waals surface area contributed by atoms with Crippen LogP contribution in [0.4, 0.5) is 0 Å². The first-order valence-corrected chi connectivity index (χ1v) is 8.48. The molecule has 16 heavy (non-hydrogen) atoms. The molecule has 0 saturated heterocycles. The molecule has 0 aromatic rings. The maximum Gasteiger partial charge on any atom is 0.264 e. The Hall–Kier alpha value is -0.180. The third-order valence-corrected chi connectivity index (χ3v) is 3.01. The predicted octanol–water partition coefficient (Wildman–Crippen LogP) is 0.496. The maximum absolute atomic E-state index is 11.0. The van der Waals surface area contributed by atoms with Gasteiger partial charge >= 0.3 is 0 Å². The lowest BCUT2D eigenvalue weighted by atomic mass is 10.1. The molecular formula is C8H18O6S2. The van der Waals surface area contributed by atoms with Crippen LogP contribution in [0.3, 0.4) is 0 Å². The lowest BCUT2D eigenvalue weighted by Gasteiger charge is -2.23. The zero-order chi connectivity index (χ0) is 13.0. The first-order valence-electron chi connectivity index (χ1n) is 4.85. The highest BCUT2D eigenvalue weighted by atomic mass is 32.2. The van der Waals surface area contributed by atoms with Crippen LogP contribution >= 0.6 is 0 Å². The van der Waals surface area contributed by atoms with Gasteiger partial charge in [-0.2, -0.15) is 16.8 Å². The van der Waals surface area contributed by atoms with E-state index in [0.29, 0.717) is 12.8 Å². The molecule has 0 radical (unpaired) electrons. The van der Waals surface area contributed by atoms with Gasteiger partial charge in [0.05, 0.1) is 12.5 Å². The van der Waals surface area contributed by atoms with E-state index in [1.165, 1.54) is 0 Å². The standard InChI is InChI=1S/C8H18O6S2/c1-5-7(13-15(3,9)10)8(6-2)14-16(4,11)12/h7-8H,5-6H2,1-4H3. The SMILES string of the molecule is CCC(OS(C)(=O)=O)C(CC)OS(C)(=O)=O. The summed E-state index contributed by atoms with van der Waals surface area (Å²) >= 11 is 0. The quantitative estimate of drug-likeness (QED) is 0.628. The Kier molecular flexibility index (Phi) is 5.88. The van der Waals surface area contributed by atoms with Crippen LogP contribution < -0.4 is 0 Å². The van der Waals surface area contributed by atoms with Crippen LogP contribution in [0.15, 0.2) is 0 Å².